The fraction of sp³-hybridized carbons (Fsp3) is 0.333. The van der Waals surface area contributed by atoms with E-state index < -0.39 is 0 Å². The molecule has 0 unspecified atom stereocenters. The van der Waals surface area contributed by atoms with Gasteiger partial charge in [-0.1, -0.05) is 0 Å². The monoisotopic (exact) mass is 229 g/mol. The number of nitrogens with zero attached hydrogens (tertiary/aromatic N) is 3. The Kier molecular flexibility index (Phi) is 2.75. The van der Waals surface area contributed by atoms with Crippen molar-refractivity contribution >= 4 is 5.69 Å². The fourth-order valence-corrected chi connectivity index (χ4v) is 2.04. The predicted octanol–water partition coefficient (Wildman–Crippen LogP) is 0.881. The van der Waals surface area contributed by atoms with Crippen molar-refractivity contribution in [2.75, 3.05) is 31.1 Å². The molecule has 0 amide bonds. The quantitative estimate of drug-likeness (QED) is 0.802. The first-order valence-electron chi connectivity index (χ1n) is 5.85. The van der Waals surface area contributed by atoms with E-state index in [1.165, 1.54) is 5.69 Å². The third-order valence-corrected chi connectivity index (χ3v) is 2.97. The summed E-state index contributed by atoms with van der Waals surface area (Å²) in [5, 5.41) is 3.34. The molecule has 3 rings (SSSR count). The van der Waals surface area contributed by atoms with Crippen molar-refractivity contribution in [2.24, 2.45) is 0 Å². The lowest BCUT2D eigenvalue weighted by atomic mass is 10.2. The number of hydrogen-bond donors (Lipinski definition) is 2. The van der Waals surface area contributed by atoms with Crippen LogP contribution in [-0.4, -0.2) is 41.1 Å². The molecule has 1 fully saturated rings. The highest BCUT2D eigenvalue weighted by Crippen LogP contribution is 2.17. The SMILES string of the molecule is c1c[nH]c(-c2ccc(N3CCNCC3)cn2)n1. The minimum atomic E-state index is 0.817. The molecular formula is C12H15N5. The highest BCUT2D eigenvalue weighted by atomic mass is 15.2. The van der Waals surface area contributed by atoms with Crippen LogP contribution in [0.5, 0.6) is 0 Å². The van der Waals surface area contributed by atoms with Gasteiger partial charge >= 0.3 is 0 Å². The number of nitrogens with one attached hydrogen (secondary N) is 2. The Morgan fingerprint density at radius 1 is 1.12 bits per heavy atom. The topological polar surface area (TPSA) is 56.8 Å². The number of imidazole rings is 1. The smallest absolute Gasteiger partial charge is 0.155 e. The highest BCUT2D eigenvalue weighted by molar-refractivity contribution is 5.54. The largest absolute Gasteiger partial charge is 0.368 e. The van der Waals surface area contributed by atoms with Gasteiger partial charge in [-0.3, -0.25) is 4.98 Å². The van der Waals surface area contributed by atoms with Crippen LogP contribution >= 0.6 is 0 Å². The molecule has 0 spiro atoms. The molecule has 0 radical (unpaired) electrons. The standard InChI is InChI=1S/C12H15N5/c1-2-11(12-14-3-4-15-12)16-9-10(1)17-7-5-13-6-8-17/h1-4,9,13H,5-8H2,(H,14,15). The molecule has 5 heteroatoms. The number of rotatable bonds is 2. The molecule has 0 bridgehead atoms. The maximum Gasteiger partial charge on any atom is 0.155 e. The number of piperazine rings is 1. The first-order valence-corrected chi connectivity index (χ1v) is 5.85. The van der Waals surface area contributed by atoms with E-state index in [1.807, 2.05) is 12.3 Å². The van der Waals surface area contributed by atoms with Crippen molar-refractivity contribution in [2.45, 2.75) is 0 Å². The summed E-state index contributed by atoms with van der Waals surface area (Å²) in [6.07, 6.45) is 5.46. The van der Waals surface area contributed by atoms with Gasteiger partial charge in [-0.05, 0) is 12.1 Å². The van der Waals surface area contributed by atoms with E-state index in [0.29, 0.717) is 0 Å². The fourth-order valence-electron chi connectivity index (χ4n) is 2.04. The lowest BCUT2D eigenvalue weighted by molar-refractivity contribution is 0.589. The molecule has 0 aromatic carbocycles. The summed E-state index contributed by atoms with van der Waals surface area (Å²) in [5.74, 6) is 0.817. The first kappa shape index (κ1) is 10.3. The van der Waals surface area contributed by atoms with Crippen molar-refractivity contribution in [3.05, 3.63) is 30.7 Å². The molecular weight excluding hydrogens is 214 g/mol. The number of H-pyrrole nitrogens is 1. The summed E-state index contributed by atoms with van der Waals surface area (Å²) in [5.41, 5.74) is 2.07. The molecule has 1 aliphatic rings. The maximum absolute atomic E-state index is 4.44. The summed E-state index contributed by atoms with van der Waals surface area (Å²) in [4.78, 5) is 14.0. The normalized spacial score (nSPS) is 16.1. The van der Waals surface area contributed by atoms with Gasteiger partial charge in [0.25, 0.3) is 0 Å². The molecule has 3 heterocycles. The molecule has 2 N–H and O–H groups in total. The van der Waals surface area contributed by atoms with Crippen LogP contribution in [0, 0.1) is 0 Å². The summed E-state index contributed by atoms with van der Waals surface area (Å²) >= 11 is 0. The first-order chi connectivity index (χ1) is 8.43. The second kappa shape index (κ2) is 4.55. The Bertz CT molecular complexity index is 456. The van der Waals surface area contributed by atoms with Gasteiger partial charge in [0.1, 0.15) is 5.69 Å². The van der Waals surface area contributed by atoms with Gasteiger partial charge in [0.05, 0.1) is 11.9 Å². The maximum atomic E-state index is 4.44. The minimum Gasteiger partial charge on any atom is -0.368 e. The lowest BCUT2D eigenvalue weighted by Crippen LogP contribution is -2.43. The third-order valence-electron chi connectivity index (χ3n) is 2.97. The van der Waals surface area contributed by atoms with Crippen molar-refractivity contribution in [3.63, 3.8) is 0 Å². The van der Waals surface area contributed by atoms with Crippen LogP contribution in [0.2, 0.25) is 0 Å². The van der Waals surface area contributed by atoms with Gasteiger partial charge in [-0.25, -0.2) is 4.98 Å². The van der Waals surface area contributed by atoms with E-state index in [0.717, 1.165) is 37.7 Å². The second-order valence-electron chi connectivity index (χ2n) is 4.08. The molecule has 0 atom stereocenters. The van der Waals surface area contributed by atoms with E-state index in [2.05, 4.69) is 31.2 Å². The molecule has 0 aliphatic carbocycles. The van der Waals surface area contributed by atoms with Crippen LogP contribution in [0.4, 0.5) is 5.69 Å². The molecule has 1 saturated heterocycles. The number of hydrogen-bond acceptors (Lipinski definition) is 4. The molecule has 2 aromatic heterocycles. The second-order valence-corrected chi connectivity index (χ2v) is 4.08. The van der Waals surface area contributed by atoms with Gasteiger partial charge in [-0.15, -0.1) is 0 Å². The van der Waals surface area contributed by atoms with Gasteiger partial charge < -0.3 is 15.2 Å². The Morgan fingerprint density at radius 2 is 2.00 bits per heavy atom. The lowest BCUT2D eigenvalue weighted by Gasteiger charge is -2.29. The Morgan fingerprint density at radius 3 is 2.65 bits per heavy atom. The Hall–Kier alpha value is -1.88. The van der Waals surface area contributed by atoms with Gasteiger partial charge in [0.15, 0.2) is 5.82 Å². The van der Waals surface area contributed by atoms with Crippen molar-refractivity contribution < 1.29 is 0 Å². The van der Waals surface area contributed by atoms with Crippen LogP contribution < -0.4 is 10.2 Å². The number of anilines is 1. The van der Waals surface area contributed by atoms with Crippen LogP contribution in [-0.2, 0) is 0 Å². The molecule has 5 nitrogen and oxygen atoms in total. The summed E-state index contributed by atoms with van der Waals surface area (Å²) < 4.78 is 0. The van der Waals surface area contributed by atoms with E-state index in [9.17, 15) is 0 Å². The van der Waals surface area contributed by atoms with Gasteiger partial charge in [-0.2, -0.15) is 0 Å². The van der Waals surface area contributed by atoms with E-state index in [4.69, 9.17) is 0 Å². The summed E-state index contributed by atoms with van der Waals surface area (Å²) in [6.45, 7) is 4.17. The zero-order valence-electron chi connectivity index (χ0n) is 9.56. The van der Waals surface area contributed by atoms with E-state index >= 15 is 0 Å². The van der Waals surface area contributed by atoms with E-state index in [1.54, 1.807) is 12.4 Å². The Labute approximate surface area is 99.9 Å². The van der Waals surface area contributed by atoms with Crippen molar-refractivity contribution in [1.82, 2.24) is 20.3 Å². The predicted molar refractivity (Wildman–Crippen MR) is 66.9 cm³/mol. The van der Waals surface area contributed by atoms with Crippen LogP contribution in [0.3, 0.4) is 0 Å². The van der Waals surface area contributed by atoms with Gasteiger partial charge in [0, 0.05) is 38.6 Å². The summed E-state index contributed by atoms with van der Waals surface area (Å²) in [7, 11) is 0. The van der Waals surface area contributed by atoms with Crippen LogP contribution in [0.25, 0.3) is 11.5 Å². The van der Waals surface area contributed by atoms with E-state index in [-0.39, 0.29) is 0 Å². The minimum absolute atomic E-state index is 0.817. The molecule has 88 valence electrons. The zero-order valence-corrected chi connectivity index (χ0v) is 9.56. The number of pyridine rings is 1. The Balaban J connectivity index is 1.80. The summed E-state index contributed by atoms with van der Waals surface area (Å²) in [6, 6.07) is 4.12. The average molecular weight is 229 g/mol. The average Bonchev–Trinajstić information content (AvgIpc) is 2.94. The van der Waals surface area contributed by atoms with Gasteiger partial charge in [0.2, 0.25) is 0 Å². The van der Waals surface area contributed by atoms with Crippen LogP contribution in [0.1, 0.15) is 0 Å². The number of aromatic nitrogens is 3. The van der Waals surface area contributed by atoms with Crippen molar-refractivity contribution in [3.8, 4) is 11.5 Å². The number of aromatic amines is 1. The molecule has 17 heavy (non-hydrogen) atoms. The molecule has 0 saturated carbocycles. The van der Waals surface area contributed by atoms with Crippen molar-refractivity contribution in [1.29, 1.82) is 0 Å². The molecule has 2 aromatic rings. The third kappa shape index (κ3) is 2.14. The van der Waals surface area contributed by atoms with Crippen LogP contribution in [0.15, 0.2) is 30.7 Å². The zero-order chi connectivity index (χ0) is 11.5. The molecule has 1 aliphatic heterocycles. The highest BCUT2D eigenvalue weighted by Gasteiger charge is 2.10.